The van der Waals surface area contributed by atoms with Crippen LogP contribution < -0.4 is 10.1 Å². The number of hydrogen-bond acceptors (Lipinski definition) is 2. The zero-order valence-electron chi connectivity index (χ0n) is 9.34. The molecule has 0 aliphatic carbocycles. The number of ether oxygens (including phenoxy) is 1. The van der Waals surface area contributed by atoms with Gasteiger partial charge in [-0.3, -0.25) is 0 Å². The molecule has 16 heavy (non-hydrogen) atoms. The summed E-state index contributed by atoms with van der Waals surface area (Å²) in [6, 6.07) is 8.22. The Morgan fingerprint density at radius 1 is 1.44 bits per heavy atom. The third-order valence-electron chi connectivity index (χ3n) is 2.31. The molecule has 1 rings (SSSR count). The van der Waals surface area contributed by atoms with Gasteiger partial charge in [-0.2, -0.15) is 0 Å². The second kappa shape index (κ2) is 6.79. The van der Waals surface area contributed by atoms with Crippen LogP contribution in [-0.4, -0.2) is 13.7 Å². The van der Waals surface area contributed by atoms with Gasteiger partial charge < -0.3 is 10.1 Å². The highest BCUT2D eigenvalue weighted by molar-refractivity contribution is 6.36. The summed E-state index contributed by atoms with van der Waals surface area (Å²) >= 11 is 11.1. The Morgan fingerprint density at radius 3 is 2.56 bits per heavy atom. The van der Waals surface area contributed by atoms with Crippen LogP contribution >= 0.6 is 23.2 Å². The normalized spacial score (nSPS) is 13.6. The molecule has 88 valence electrons. The Labute approximate surface area is 106 Å². The predicted octanol–water partition coefficient (Wildman–Crippen LogP) is 3.66. The maximum Gasteiger partial charge on any atom is 0.125 e. The van der Waals surface area contributed by atoms with Gasteiger partial charge in [0.15, 0.2) is 0 Å². The van der Waals surface area contributed by atoms with Crippen molar-refractivity contribution in [3.05, 3.63) is 40.4 Å². The SMILES string of the molecule is CNC(C)c1ccc(OCC(Cl)=CCl)cc1. The zero-order valence-corrected chi connectivity index (χ0v) is 10.8. The Morgan fingerprint density at radius 2 is 2.06 bits per heavy atom. The highest BCUT2D eigenvalue weighted by atomic mass is 35.5. The lowest BCUT2D eigenvalue weighted by molar-refractivity contribution is 0.359. The van der Waals surface area contributed by atoms with Crippen LogP contribution in [0.15, 0.2) is 34.8 Å². The van der Waals surface area contributed by atoms with Crippen molar-refractivity contribution in [2.45, 2.75) is 13.0 Å². The first kappa shape index (κ1) is 13.4. The molecular formula is C12H15Cl2NO. The van der Waals surface area contributed by atoms with Gasteiger partial charge in [0.1, 0.15) is 12.4 Å². The van der Waals surface area contributed by atoms with Gasteiger partial charge in [0.25, 0.3) is 0 Å². The van der Waals surface area contributed by atoms with Gasteiger partial charge in [0, 0.05) is 11.6 Å². The standard InChI is InChI=1S/C12H15Cl2NO/c1-9(15-2)10-3-5-12(6-4-10)16-8-11(14)7-13/h3-7,9,15H,8H2,1-2H3. The van der Waals surface area contributed by atoms with E-state index in [4.69, 9.17) is 27.9 Å². The maximum atomic E-state index is 5.71. The summed E-state index contributed by atoms with van der Waals surface area (Å²) in [7, 11) is 1.93. The van der Waals surface area contributed by atoms with Gasteiger partial charge in [-0.15, -0.1) is 0 Å². The summed E-state index contributed by atoms with van der Waals surface area (Å²) in [4.78, 5) is 0. The molecule has 0 aromatic heterocycles. The van der Waals surface area contributed by atoms with Crippen LogP contribution in [0, 0.1) is 0 Å². The summed E-state index contributed by atoms with van der Waals surface area (Å²) in [5.74, 6) is 0.781. The van der Waals surface area contributed by atoms with Crippen molar-refractivity contribution in [1.82, 2.24) is 5.32 Å². The van der Waals surface area contributed by atoms with Gasteiger partial charge in [-0.05, 0) is 31.7 Å². The average Bonchev–Trinajstić information content (AvgIpc) is 2.35. The molecule has 2 nitrogen and oxygen atoms in total. The molecule has 0 saturated carbocycles. The molecule has 0 radical (unpaired) electrons. The fraction of sp³-hybridized carbons (Fsp3) is 0.333. The largest absolute Gasteiger partial charge is 0.488 e. The van der Waals surface area contributed by atoms with Crippen LogP contribution in [0.1, 0.15) is 18.5 Å². The predicted molar refractivity (Wildman–Crippen MR) is 69.2 cm³/mol. The first-order chi connectivity index (χ1) is 7.67. The second-order valence-corrected chi connectivity index (χ2v) is 4.13. The van der Waals surface area contributed by atoms with Crippen LogP contribution in [0.25, 0.3) is 0 Å². The number of halogens is 2. The van der Waals surface area contributed by atoms with E-state index in [1.807, 2.05) is 31.3 Å². The number of hydrogen-bond donors (Lipinski definition) is 1. The number of benzene rings is 1. The number of nitrogens with one attached hydrogen (secondary N) is 1. The fourth-order valence-electron chi connectivity index (χ4n) is 1.20. The Bertz CT molecular complexity index is 349. The van der Waals surface area contributed by atoms with E-state index >= 15 is 0 Å². The molecular weight excluding hydrogens is 245 g/mol. The van der Waals surface area contributed by atoms with Crippen molar-refractivity contribution in [1.29, 1.82) is 0 Å². The Hall–Kier alpha value is -0.700. The molecule has 0 heterocycles. The molecule has 0 aliphatic rings. The summed E-state index contributed by atoms with van der Waals surface area (Å²) < 4.78 is 5.42. The lowest BCUT2D eigenvalue weighted by Gasteiger charge is -2.11. The third kappa shape index (κ3) is 4.05. The van der Waals surface area contributed by atoms with Crippen molar-refractivity contribution >= 4 is 23.2 Å². The van der Waals surface area contributed by atoms with Gasteiger partial charge in [-0.25, -0.2) is 0 Å². The highest BCUT2D eigenvalue weighted by Gasteiger charge is 2.02. The van der Waals surface area contributed by atoms with E-state index in [1.54, 1.807) is 0 Å². The molecule has 0 fully saturated rings. The first-order valence-corrected chi connectivity index (χ1v) is 5.83. The molecule has 1 atom stereocenters. The van der Waals surface area contributed by atoms with E-state index in [0.717, 1.165) is 5.75 Å². The molecule has 1 unspecified atom stereocenters. The lowest BCUT2D eigenvalue weighted by atomic mass is 10.1. The smallest absolute Gasteiger partial charge is 0.125 e. The highest BCUT2D eigenvalue weighted by Crippen LogP contribution is 2.18. The quantitative estimate of drug-likeness (QED) is 0.872. The third-order valence-corrected chi connectivity index (χ3v) is 2.90. The van der Waals surface area contributed by atoms with E-state index in [9.17, 15) is 0 Å². The van der Waals surface area contributed by atoms with Crippen molar-refractivity contribution in [3.8, 4) is 5.75 Å². The molecule has 1 aromatic carbocycles. The molecule has 0 bridgehead atoms. The van der Waals surface area contributed by atoms with E-state index in [0.29, 0.717) is 17.7 Å². The summed E-state index contributed by atoms with van der Waals surface area (Å²) in [5.41, 5.74) is 2.52. The van der Waals surface area contributed by atoms with Crippen LogP contribution in [0.5, 0.6) is 5.75 Å². The molecule has 0 aliphatic heterocycles. The van der Waals surface area contributed by atoms with Crippen LogP contribution in [-0.2, 0) is 0 Å². The number of rotatable bonds is 5. The fourth-order valence-corrected chi connectivity index (χ4v) is 1.32. The van der Waals surface area contributed by atoms with Crippen molar-refractivity contribution < 1.29 is 4.74 Å². The van der Waals surface area contributed by atoms with Crippen LogP contribution in [0.2, 0.25) is 0 Å². The first-order valence-electron chi connectivity index (χ1n) is 5.02. The minimum absolute atomic E-state index is 0.298. The summed E-state index contributed by atoms with van der Waals surface area (Å²) in [6.45, 7) is 2.40. The van der Waals surface area contributed by atoms with E-state index in [-0.39, 0.29) is 0 Å². The molecule has 0 spiro atoms. The van der Waals surface area contributed by atoms with Crippen molar-refractivity contribution in [3.63, 3.8) is 0 Å². The van der Waals surface area contributed by atoms with Crippen LogP contribution in [0.3, 0.4) is 0 Å². The zero-order chi connectivity index (χ0) is 12.0. The van der Waals surface area contributed by atoms with Gasteiger partial charge in [0.2, 0.25) is 0 Å². The molecule has 1 N–H and O–H groups in total. The van der Waals surface area contributed by atoms with Crippen LogP contribution in [0.4, 0.5) is 0 Å². The van der Waals surface area contributed by atoms with Crippen molar-refractivity contribution in [2.75, 3.05) is 13.7 Å². The van der Waals surface area contributed by atoms with E-state index in [2.05, 4.69) is 12.2 Å². The van der Waals surface area contributed by atoms with E-state index < -0.39 is 0 Å². The molecule has 1 aromatic rings. The van der Waals surface area contributed by atoms with Gasteiger partial charge in [-0.1, -0.05) is 35.3 Å². The topological polar surface area (TPSA) is 21.3 Å². The Kier molecular flexibility index (Phi) is 5.67. The minimum atomic E-state index is 0.298. The van der Waals surface area contributed by atoms with Gasteiger partial charge in [0.05, 0.1) is 5.03 Å². The summed E-state index contributed by atoms with van der Waals surface area (Å²) in [6.07, 6.45) is 0. The Balaban J connectivity index is 2.58. The van der Waals surface area contributed by atoms with Gasteiger partial charge >= 0.3 is 0 Å². The summed E-state index contributed by atoms with van der Waals surface area (Å²) in [5, 5.41) is 3.65. The van der Waals surface area contributed by atoms with Crippen molar-refractivity contribution in [2.24, 2.45) is 0 Å². The average molecular weight is 260 g/mol. The lowest BCUT2D eigenvalue weighted by Crippen LogP contribution is -2.11. The second-order valence-electron chi connectivity index (χ2n) is 3.42. The molecule has 0 amide bonds. The maximum absolute atomic E-state index is 5.71. The molecule has 4 heteroatoms. The van der Waals surface area contributed by atoms with E-state index in [1.165, 1.54) is 11.1 Å². The molecule has 0 saturated heterocycles. The minimum Gasteiger partial charge on any atom is -0.488 e. The monoisotopic (exact) mass is 259 g/mol.